The maximum Gasteiger partial charge on any atom is 0.223 e. The molecule has 202 valence electrons. The topological polar surface area (TPSA) is 150 Å². The molecular weight excluding hydrogens is 500 g/mol. The highest BCUT2D eigenvalue weighted by molar-refractivity contribution is 6.16. The number of halogens is 2. The number of carbonyl (C=O) groups excluding carboxylic acids is 1. The van der Waals surface area contributed by atoms with Gasteiger partial charge in [0.15, 0.2) is 17.3 Å². The third-order valence-corrected chi connectivity index (χ3v) is 5.63. The van der Waals surface area contributed by atoms with Crippen LogP contribution in [-0.4, -0.2) is 67.1 Å². The van der Waals surface area contributed by atoms with Crippen LogP contribution in [-0.2, 0) is 11.2 Å². The molecule has 1 aliphatic heterocycles. The van der Waals surface area contributed by atoms with Gasteiger partial charge in [-0.2, -0.15) is 5.10 Å². The zero-order chi connectivity index (χ0) is 27.1. The molecule has 0 atom stereocenters. The van der Waals surface area contributed by atoms with Gasteiger partial charge in [0.05, 0.1) is 44.8 Å². The summed E-state index contributed by atoms with van der Waals surface area (Å²) in [5, 5.41) is 22.0. The summed E-state index contributed by atoms with van der Waals surface area (Å²) in [5.74, 6) is -0.454. The van der Waals surface area contributed by atoms with E-state index in [2.05, 4.69) is 25.8 Å². The molecule has 4 rings (SSSR count). The Kier molecular flexibility index (Phi) is 8.71. The molecule has 6 N–H and O–H groups in total. The predicted octanol–water partition coefficient (Wildman–Crippen LogP) is 2.04. The third-order valence-electron chi connectivity index (χ3n) is 5.63. The van der Waals surface area contributed by atoms with Crippen molar-refractivity contribution < 1.29 is 28.2 Å². The van der Waals surface area contributed by atoms with Gasteiger partial charge >= 0.3 is 0 Å². The number of rotatable bonds is 12. The second kappa shape index (κ2) is 12.3. The summed E-state index contributed by atoms with van der Waals surface area (Å²) in [5.41, 5.74) is 7.23. The number of nitrogens with zero attached hydrogens (tertiary/aromatic N) is 3. The van der Waals surface area contributed by atoms with E-state index >= 15 is 0 Å². The lowest BCUT2D eigenvalue weighted by Gasteiger charge is -2.33. The number of amidine groups is 1. The first-order valence-electron chi connectivity index (χ1n) is 11.9. The van der Waals surface area contributed by atoms with E-state index in [-0.39, 0.29) is 31.2 Å². The number of fused-ring (bicyclic) bond motifs is 1. The number of ether oxygens (including phenoxy) is 2. The Morgan fingerprint density at radius 2 is 1.97 bits per heavy atom. The Bertz CT molecular complexity index is 1290. The summed E-state index contributed by atoms with van der Waals surface area (Å²) in [6.07, 6.45) is 0.672. The van der Waals surface area contributed by atoms with Crippen molar-refractivity contribution >= 4 is 28.9 Å². The van der Waals surface area contributed by atoms with E-state index in [9.17, 15) is 13.6 Å². The van der Waals surface area contributed by atoms with Gasteiger partial charge in [-0.3, -0.25) is 9.89 Å². The van der Waals surface area contributed by atoms with Crippen LogP contribution in [0.25, 0.3) is 0 Å². The maximum absolute atomic E-state index is 14.1. The number of hydrogen-bond donors (Lipinski definition) is 5. The van der Waals surface area contributed by atoms with E-state index < -0.39 is 17.5 Å². The smallest absolute Gasteiger partial charge is 0.223 e. The zero-order valence-electron chi connectivity index (χ0n) is 20.8. The third kappa shape index (κ3) is 6.55. The van der Waals surface area contributed by atoms with E-state index in [0.29, 0.717) is 60.4 Å². The number of nitrogens with two attached hydrogens (primary N) is 1. The lowest BCUT2D eigenvalue weighted by molar-refractivity contribution is -0.117. The number of hydrogen-bond acceptors (Lipinski definition) is 8. The second-order valence-corrected chi connectivity index (χ2v) is 8.44. The van der Waals surface area contributed by atoms with Gasteiger partial charge in [0.2, 0.25) is 5.91 Å². The Balaban J connectivity index is 1.70. The van der Waals surface area contributed by atoms with Gasteiger partial charge in [0.25, 0.3) is 0 Å². The number of aliphatic hydroxyl groups is 1. The lowest BCUT2D eigenvalue weighted by atomic mass is 10.1. The van der Waals surface area contributed by atoms with E-state index in [0.717, 1.165) is 6.07 Å². The van der Waals surface area contributed by atoms with Crippen molar-refractivity contribution in [3.63, 3.8) is 0 Å². The maximum atomic E-state index is 14.1. The van der Waals surface area contributed by atoms with Crippen molar-refractivity contribution in [2.45, 2.75) is 12.8 Å². The minimum atomic E-state index is -0.733. The lowest BCUT2D eigenvalue weighted by Crippen LogP contribution is -2.40. The molecule has 2 heterocycles. The number of benzene rings is 2. The average Bonchev–Trinajstić information content (AvgIpc) is 3.31. The van der Waals surface area contributed by atoms with Gasteiger partial charge in [-0.15, -0.1) is 0 Å². The number of amides is 1. The van der Waals surface area contributed by atoms with Crippen molar-refractivity contribution in [2.75, 3.05) is 50.3 Å². The van der Waals surface area contributed by atoms with Crippen LogP contribution in [0.15, 0.2) is 41.4 Å². The molecule has 0 aliphatic carbocycles. The van der Waals surface area contributed by atoms with E-state index in [1.165, 1.54) is 19.2 Å². The van der Waals surface area contributed by atoms with Crippen LogP contribution in [0.3, 0.4) is 0 Å². The number of primary amides is 1. The number of aromatic amines is 1. The fourth-order valence-electron chi connectivity index (χ4n) is 3.95. The van der Waals surface area contributed by atoms with Crippen LogP contribution in [0.5, 0.6) is 11.5 Å². The fourth-order valence-corrected chi connectivity index (χ4v) is 3.95. The van der Waals surface area contributed by atoms with Gasteiger partial charge in [-0.1, -0.05) is 0 Å². The molecule has 0 saturated heterocycles. The van der Waals surface area contributed by atoms with Crippen LogP contribution < -0.4 is 30.7 Å². The molecule has 11 nitrogen and oxygen atoms in total. The van der Waals surface area contributed by atoms with Gasteiger partial charge < -0.3 is 35.8 Å². The summed E-state index contributed by atoms with van der Waals surface area (Å²) >= 11 is 0. The van der Waals surface area contributed by atoms with Gasteiger partial charge in [-0.25, -0.2) is 13.8 Å². The Labute approximate surface area is 217 Å². The number of anilines is 2. The molecule has 0 fully saturated rings. The van der Waals surface area contributed by atoms with Gasteiger partial charge in [0.1, 0.15) is 17.5 Å². The highest BCUT2D eigenvalue weighted by Crippen LogP contribution is 2.38. The van der Waals surface area contributed by atoms with Crippen molar-refractivity contribution in [3.8, 4) is 11.5 Å². The first-order valence-corrected chi connectivity index (χ1v) is 11.9. The molecular formula is C25H29F2N7O4. The molecule has 1 amide bonds. The van der Waals surface area contributed by atoms with Crippen LogP contribution in [0.2, 0.25) is 0 Å². The molecule has 0 radical (unpaired) electrons. The van der Waals surface area contributed by atoms with Gasteiger partial charge in [0, 0.05) is 36.0 Å². The summed E-state index contributed by atoms with van der Waals surface area (Å²) in [6.45, 7) is 1.83. The number of carbonyl (C=O) groups is 1. The Morgan fingerprint density at radius 1 is 1.18 bits per heavy atom. The summed E-state index contributed by atoms with van der Waals surface area (Å²) < 4.78 is 39.7. The molecule has 38 heavy (non-hydrogen) atoms. The number of aromatic nitrogens is 2. The number of methoxy groups -OCH3 is 1. The monoisotopic (exact) mass is 529 g/mol. The van der Waals surface area contributed by atoms with Crippen LogP contribution in [0.1, 0.15) is 17.7 Å². The Hall–Kier alpha value is -4.23. The minimum Gasteiger partial charge on any atom is -0.493 e. The fraction of sp³-hybridized carbons (Fsp3) is 0.320. The number of nitrogens with one attached hydrogen (secondary N) is 3. The van der Waals surface area contributed by atoms with Crippen molar-refractivity contribution in [2.24, 2.45) is 10.7 Å². The molecule has 0 saturated carbocycles. The SMILES string of the molecule is COc1cc2c(cc1OCCCNCCO)NCN(c1cc(F)cc(F)c1)C2=Nc1cc(CC(N)=O)[nH]n1. The average molecular weight is 530 g/mol. The molecule has 0 bridgehead atoms. The predicted molar refractivity (Wildman–Crippen MR) is 138 cm³/mol. The number of aliphatic hydroxyl groups excluding tert-OH is 1. The normalized spacial score (nSPS) is 13.8. The summed E-state index contributed by atoms with van der Waals surface area (Å²) in [7, 11) is 1.51. The van der Waals surface area contributed by atoms with Crippen LogP contribution in [0, 0.1) is 11.6 Å². The van der Waals surface area contributed by atoms with Crippen molar-refractivity contribution in [1.82, 2.24) is 15.5 Å². The first-order chi connectivity index (χ1) is 18.4. The number of aliphatic imine (C=N–C) groups is 1. The molecule has 13 heteroatoms. The largest absolute Gasteiger partial charge is 0.493 e. The quantitative estimate of drug-likeness (QED) is 0.224. The van der Waals surface area contributed by atoms with E-state index in [4.69, 9.17) is 20.3 Å². The minimum absolute atomic E-state index is 0.0428. The second-order valence-electron chi connectivity index (χ2n) is 8.44. The first kappa shape index (κ1) is 26.8. The van der Waals surface area contributed by atoms with E-state index in [1.54, 1.807) is 23.1 Å². The Morgan fingerprint density at radius 3 is 2.68 bits per heavy atom. The highest BCUT2D eigenvalue weighted by atomic mass is 19.1. The highest BCUT2D eigenvalue weighted by Gasteiger charge is 2.27. The zero-order valence-corrected chi connectivity index (χ0v) is 20.8. The van der Waals surface area contributed by atoms with E-state index in [1.807, 2.05) is 0 Å². The van der Waals surface area contributed by atoms with Crippen molar-refractivity contribution in [3.05, 3.63) is 59.3 Å². The molecule has 0 unspecified atom stereocenters. The standard InChI is InChI=1S/C25H29F2N7O4/c1-37-21-12-19-20(13-22(21)38-6-2-3-29-4-5-35)30-14-34(18-8-15(26)7-16(27)9-18)25(19)31-24-11-17(32-33-24)10-23(28)36/h7-9,11-13,29-30,35H,2-6,10,14H2,1H3,(H2,28,36)(H,32,33). The molecule has 1 aromatic heterocycles. The van der Waals surface area contributed by atoms with Crippen LogP contribution in [0.4, 0.5) is 26.0 Å². The molecule has 2 aromatic carbocycles. The summed E-state index contributed by atoms with van der Waals surface area (Å²) in [6, 6.07) is 8.27. The van der Waals surface area contributed by atoms with Gasteiger partial charge in [-0.05, 0) is 31.2 Å². The molecule has 0 spiro atoms. The van der Waals surface area contributed by atoms with Crippen LogP contribution >= 0.6 is 0 Å². The van der Waals surface area contributed by atoms with Crippen molar-refractivity contribution in [1.29, 1.82) is 0 Å². The number of H-pyrrole nitrogens is 1. The summed E-state index contributed by atoms with van der Waals surface area (Å²) in [4.78, 5) is 17.5. The molecule has 1 aliphatic rings. The molecule has 3 aromatic rings.